The Labute approximate surface area is 165 Å². The Hall–Kier alpha value is -0.500. The molecule has 1 saturated heterocycles. The Morgan fingerprint density at radius 1 is 1.46 bits per heavy atom. The molecule has 1 aromatic rings. The normalized spacial score (nSPS) is 19.6. The number of hydrogen-bond acceptors (Lipinski definition) is 4. The lowest BCUT2D eigenvalue weighted by Crippen LogP contribution is -2.46. The van der Waals surface area contributed by atoms with Crippen LogP contribution < -0.4 is 15.1 Å². The fraction of sp³-hybridized carbons (Fsp3) is 0.429. The number of carbonyl (C=O) groups excluding carboxylic acids is 1. The quantitative estimate of drug-likeness (QED) is 0.415. The molecule has 2 rings (SSSR count). The minimum absolute atomic E-state index is 0.188. The molecule has 0 saturated carbocycles. The molecule has 1 aliphatic rings. The summed E-state index contributed by atoms with van der Waals surface area (Å²) < 4.78 is 3.46. The van der Waals surface area contributed by atoms with E-state index in [1.54, 1.807) is 18.2 Å². The van der Waals surface area contributed by atoms with Gasteiger partial charge in [0.15, 0.2) is 0 Å². The van der Waals surface area contributed by atoms with Crippen LogP contribution in [0.25, 0.3) is 0 Å². The highest BCUT2D eigenvalue weighted by molar-refractivity contribution is 7.79. The van der Waals surface area contributed by atoms with Gasteiger partial charge in [0.2, 0.25) is 0 Å². The monoisotopic (exact) mass is 429 g/mol. The number of amides is 2. The van der Waals surface area contributed by atoms with E-state index in [2.05, 4.69) is 5.43 Å². The average Bonchev–Trinajstić information content (AvgIpc) is 2.86. The second-order valence-corrected chi connectivity index (χ2v) is 7.97. The zero-order valence-corrected chi connectivity index (χ0v) is 16.6. The summed E-state index contributed by atoms with van der Waals surface area (Å²) in [6.07, 6.45) is -0.514. The Kier molecular flexibility index (Phi) is 6.45. The van der Waals surface area contributed by atoms with E-state index in [0.717, 1.165) is 5.01 Å². The molecule has 0 radical (unpaired) electrons. The van der Waals surface area contributed by atoms with Crippen LogP contribution in [0, 0.1) is 5.92 Å². The van der Waals surface area contributed by atoms with Crippen LogP contribution in [0.5, 0.6) is 5.75 Å². The number of carbonyl (C=O) groups is 1. The molecule has 1 aliphatic heterocycles. The Morgan fingerprint density at radius 3 is 2.62 bits per heavy atom. The summed E-state index contributed by atoms with van der Waals surface area (Å²) in [7, 11) is 0. The Morgan fingerprint density at radius 2 is 2.12 bits per heavy atom. The van der Waals surface area contributed by atoms with E-state index < -0.39 is 16.1 Å². The van der Waals surface area contributed by atoms with Crippen LogP contribution in [0.4, 0.5) is 10.5 Å². The van der Waals surface area contributed by atoms with Crippen LogP contribution in [0.3, 0.4) is 0 Å². The number of alkyl halides is 3. The highest BCUT2D eigenvalue weighted by Gasteiger charge is 2.48. The first kappa shape index (κ1) is 19.8. The molecular formula is C14H15Cl4N3O2S. The van der Waals surface area contributed by atoms with Gasteiger partial charge in [-0.3, -0.25) is 4.90 Å². The van der Waals surface area contributed by atoms with Crippen LogP contribution in [-0.2, 0) is 0 Å². The maximum atomic E-state index is 12.7. The highest BCUT2D eigenvalue weighted by Crippen LogP contribution is 2.38. The zero-order valence-electron chi connectivity index (χ0n) is 12.8. The summed E-state index contributed by atoms with van der Waals surface area (Å²) in [4.78, 5) is 14.2. The molecule has 2 unspecified atom stereocenters. The number of hydrazine groups is 1. The van der Waals surface area contributed by atoms with Crippen LogP contribution in [-0.4, -0.2) is 33.1 Å². The molecule has 5 nitrogen and oxygen atoms in total. The molecule has 0 spiro atoms. The molecule has 132 valence electrons. The number of thiocarbonyl (C=S) groups is 1. The average molecular weight is 431 g/mol. The van der Waals surface area contributed by atoms with Crippen LogP contribution >= 0.6 is 58.6 Å². The van der Waals surface area contributed by atoms with Crippen molar-refractivity contribution in [3.05, 3.63) is 23.2 Å². The van der Waals surface area contributed by atoms with Crippen molar-refractivity contribution in [2.45, 2.75) is 23.9 Å². The first-order valence-corrected chi connectivity index (χ1v) is 9.03. The van der Waals surface area contributed by atoms with Crippen molar-refractivity contribution in [2.75, 3.05) is 11.5 Å². The molecule has 1 aromatic carbocycles. The number of halogens is 4. The van der Waals surface area contributed by atoms with E-state index >= 15 is 0 Å². The topological polar surface area (TPSA) is 44.8 Å². The van der Waals surface area contributed by atoms with Gasteiger partial charge in [-0.15, -0.1) is 0 Å². The molecule has 24 heavy (non-hydrogen) atoms. The summed E-state index contributed by atoms with van der Waals surface area (Å²) in [6.45, 7) is 4.19. The molecule has 2 atom stereocenters. The van der Waals surface area contributed by atoms with Gasteiger partial charge in [-0.2, -0.15) is 0 Å². The minimum atomic E-state index is -1.94. The van der Waals surface area contributed by atoms with Gasteiger partial charge in [-0.25, -0.2) is 15.2 Å². The predicted octanol–water partition coefficient (Wildman–Crippen LogP) is 4.77. The molecule has 10 heteroatoms. The van der Waals surface area contributed by atoms with Crippen molar-refractivity contribution >= 4 is 75.7 Å². The summed E-state index contributed by atoms with van der Waals surface area (Å²) in [5.74, 6) is 0.340. The molecule has 0 bridgehead atoms. The zero-order chi connectivity index (χ0) is 18.1. The molecular weight excluding hydrogens is 416 g/mol. The summed E-state index contributed by atoms with van der Waals surface area (Å²) >= 11 is 28.8. The largest absolute Gasteiger partial charge is 0.492 e. The van der Waals surface area contributed by atoms with Crippen LogP contribution in [0.2, 0.25) is 5.02 Å². The first-order valence-electron chi connectivity index (χ1n) is 7.04. The predicted molar refractivity (Wildman–Crippen MR) is 102 cm³/mol. The first-order chi connectivity index (χ1) is 11.2. The van der Waals surface area contributed by atoms with Gasteiger partial charge in [0.1, 0.15) is 11.9 Å². The van der Waals surface area contributed by atoms with Crippen LogP contribution in [0.1, 0.15) is 13.8 Å². The van der Waals surface area contributed by atoms with Crippen molar-refractivity contribution in [2.24, 2.45) is 5.92 Å². The van der Waals surface area contributed by atoms with E-state index in [4.69, 9.17) is 63.4 Å². The van der Waals surface area contributed by atoms with Gasteiger partial charge in [-0.1, -0.05) is 65.5 Å². The van der Waals surface area contributed by atoms with Crippen molar-refractivity contribution in [1.82, 2.24) is 10.4 Å². The van der Waals surface area contributed by atoms with Gasteiger partial charge in [-0.05, 0) is 30.5 Å². The summed E-state index contributed by atoms with van der Waals surface area (Å²) in [5, 5.41) is 2.85. The van der Waals surface area contributed by atoms with Crippen molar-refractivity contribution in [3.8, 4) is 5.75 Å². The second kappa shape index (κ2) is 7.81. The molecule has 2 amide bonds. The minimum Gasteiger partial charge on any atom is -0.492 e. The number of rotatable bonds is 5. The van der Waals surface area contributed by atoms with Crippen molar-refractivity contribution in [1.29, 1.82) is 0 Å². The third-order valence-electron chi connectivity index (χ3n) is 3.40. The smallest absolute Gasteiger partial charge is 0.343 e. The van der Waals surface area contributed by atoms with E-state index in [1.165, 1.54) is 10.3 Å². The number of benzene rings is 1. The Balaban J connectivity index is 2.42. The van der Waals surface area contributed by atoms with Crippen molar-refractivity contribution < 1.29 is 9.53 Å². The SMILES string of the molecule is CCOc1ccc(N2C(=O)N(C(Cl)(Cl)Cl)NC2C(C)C=S)cc1Cl. The lowest BCUT2D eigenvalue weighted by Gasteiger charge is -2.25. The molecule has 0 aromatic heterocycles. The summed E-state index contributed by atoms with van der Waals surface area (Å²) in [5.41, 5.74) is 3.41. The van der Waals surface area contributed by atoms with E-state index in [0.29, 0.717) is 23.1 Å². The summed E-state index contributed by atoms with van der Waals surface area (Å²) in [6, 6.07) is 4.49. The maximum absolute atomic E-state index is 12.7. The molecule has 1 fully saturated rings. The third-order valence-corrected chi connectivity index (χ3v) is 4.63. The lowest BCUT2D eigenvalue weighted by molar-refractivity contribution is 0.196. The number of ether oxygens (including phenoxy) is 1. The molecule has 0 aliphatic carbocycles. The number of nitrogens with zero attached hydrogens (tertiary/aromatic N) is 2. The van der Waals surface area contributed by atoms with E-state index in [9.17, 15) is 4.79 Å². The fourth-order valence-electron chi connectivity index (χ4n) is 2.26. The van der Waals surface area contributed by atoms with Crippen LogP contribution in [0.15, 0.2) is 18.2 Å². The van der Waals surface area contributed by atoms with Gasteiger partial charge in [0.25, 0.3) is 3.92 Å². The number of anilines is 1. The standard InChI is InChI=1S/C14H15Cl4N3O2S/c1-3-23-11-5-4-9(6-10(11)15)20-12(8(2)7-24)19-21(13(20)22)14(16,17)18/h4-8,12,19H,3H2,1-2H3. The fourth-order valence-corrected chi connectivity index (χ4v) is 3.01. The molecule has 1 heterocycles. The highest BCUT2D eigenvalue weighted by atomic mass is 35.6. The van der Waals surface area contributed by atoms with Crippen molar-refractivity contribution in [3.63, 3.8) is 0 Å². The third kappa shape index (κ3) is 4.00. The molecule has 1 N–H and O–H groups in total. The van der Waals surface area contributed by atoms with Gasteiger partial charge < -0.3 is 4.74 Å². The van der Waals surface area contributed by atoms with E-state index in [1.807, 2.05) is 13.8 Å². The number of hydrogen-bond donors (Lipinski definition) is 1. The number of urea groups is 1. The number of nitrogens with one attached hydrogen (secondary N) is 1. The lowest BCUT2D eigenvalue weighted by atomic mass is 10.1. The maximum Gasteiger partial charge on any atom is 0.343 e. The van der Waals surface area contributed by atoms with Gasteiger partial charge in [0, 0.05) is 11.6 Å². The Bertz CT molecular complexity index is 641. The van der Waals surface area contributed by atoms with Gasteiger partial charge in [0.05, 0.1) is 11.6 Å². The van der Waals surface area contributed by atoms with E-state index in [-0.39, 0.29) is 5.92 Å². The second-order valence-electron chi connectivity index (χ2n) is 5.07. The van der Waals surface area contributed by atoms with Gasteiger partial charge >= 0.3 is 6.03 Å².